The van der Waals surface area contributed by atoms with Gasteiger partial charge >= 0.3 is 12.3 Å². The number of ether oxygens (including phenoxy) is 6. The van der Waals surface area contributed by atoms with Crippen molar-refractivity contribution in [3.05, 3.63) is 47.6 Å². The Labute approximate surface area is 260 Å². The molecule has 12 unspecified atom stereocenters. The van der Waals surface area contributed by atoms with Gasteiger partial charge in [-0.2, -0.15) is 0 Å². The number of allylic oxidation sites excluding steroid dienone is 6. The molecule has 12 atom stereocenters. The van der Waals surface area contributed by atoms with Crippen molar-refractivity contribution in [2.45, 2.75) is 63.6 Å². The molecule has 8 bridgehead atoms. The van der Waals surface area contributed by atoms with E-state index in [-0.39, 0.29) is 25.4 Å². The monoisotopic (exact) mass is 606 g/mol. The van der Waals surface area contributed by atoms with Gasteiger partial charge in [-0.3, -0.25) is 0 Å². The molecular weight excluding hydrogens is 560 g/mol. The van der Waals surface area contributed by atoms with Gasteiger partial charge in [0.2, 0.25) is 0 Å². The molecule has 8 rings (SSSR count). The van der Waals surface area contributed by atoms with Crippen LogP contribution in [0.1, 0.15) is 51.4 Å². The van der Waals surface area contributed by atoms with Crippen LogP contribution in [0.15, 0.2) is 47.6 Å². The van der Waals surface area contributed by atoms with E-state index in [0.717, 1.165) is 44.6 Å². The van der Waals surface area contributed by atoms with Crippen LogP contribution in [0.5, 0.6) is 0 Å². The molecule has 4 saturated carbocycles. The Kier molecular flexibility index (Phi) is 8.08. The largest absolute Gasteiger partial charge is 0.508 e. The molecule has 0 aromatic rings. The van der Waals surface area contributed by atoms with Crippen LogP contribution in [-0.2, 0) is 28.4 Å². The summed E-state index contributed by atoms with van der Waals surface area (Å²) in [5.74, 6) is 5.34. The fourth-order valence-electron chi connectivity index (χ4n) is 9.93. The minimum Gasteiger partial charge on any atom is -0.432 e. The predicted octanol–water partition coefficient (Wildman–Crippen LogP) is 6.42. The van der Waals surface area contributed by atoms with Crippen molar-refractivity contribution in [2.75, 3.05) is 39.6 Å². The zero-order valence-electron chi connectivity index (χ0n) is 25.6. The lowest BCUT2D eigenvalue weighted by molar-refractivity contribution is -0.0148. The Morgan fingerprint density at radius 2 is 1.25 bits per heavy atom. The van der Waals surface area contributed by atoms with Gasteiger partial charge in [0.15, 0.2) is 0 Å². The van der Waals surface area contributed by atoms with Crippen LogP contribution in [0.25, 0.3) is 0 Å². The maximum Gasteiger partial charge on any atom is 0.508 e. The Hall–Kier alpha value is -2.58. The van der Waals surface area contributed by atoms with Crippen LogP contribution >= 0.6 is 0 Å². The summed E-state index contributed by atoms with van der Waals surface area (Å²) in [7, 11) is 0. The van der Waals surface area contributed by atoms with Crippen molar-refractivity contribution in [3.8, 4) is 0 Å². The van der Waals surface area contributed by atoms with Gasteiger partial charge in [0, 0.05) is 11.8 Å². The van der Waals surface area contributed by atoms with Gasteiger partial charge in [-0.1, -0.05) is 36.5 Å². The molecule has 0 aromatic carbocycles. The van der Waals surface area contributed by atoms with Crippen LogP contribution in [-0.4, -0.2) is 64.2 Å². The first-order valence-corrected chi connectivity index (χ1v) is 17.2. The summed E-state index contributed by atoms with van der Waals surface area (Å²) in [5, 5.41) is 0. The van der Waals surface area contributed by atoms with Crippen LogP contribution in [0.2, 0.25) is 0 Å². The minimum absolute atomic E-state index is 0.0110. The molecule has 0 N–H and O–H groups in total. The average Bonchev–Trinajstić information content (AvgIpc) is 3.86. The summed E-state index contributed by atoms with van der Waals surface area (Å²) >= 11 is 0. The second-order valence-corrected chi connectivity index (χ2v) is 14.7. The Morgan fingerprint density at radius 1 is 0.568 bits per heavy atom. The third-order valence-electron chi connectivity index (χ3n) is 12.0. The van der Waals surface area contributed by atoms with Crippen molar-refractivity contribution >= 4 is 12.3 Å². The van der Waals surface area contributed by atoms with E-state index in [0.29, 0.717) is 73.1 Å². The summed E-state index contributed by atoms with van der Waals surface area (Å²) in [4.78, 5) is 24.5. The van der Waals surface area contributed by atoms with E-state index in [2.05, 4.69) is 36.5 Å². The maximum atomic E-state index is 12.7. The predicted molar refractivity (Wildman–Crippen MR) is 160 cm³/mol. The minimum atomic E-state index is -0.662. The number of hydrogen-bond acceptors (Lipinski definition) is 8. The normalized spacial score (nSPS) is 41.5. The third kappa shape index (κ3) is 5.89. The van der Waals surface area contributed by atoms with Gasteiger partial charge in [0.25, 0.3) is 0 Å². The van der Waals surface area contributed by atoms with Crippen LogP contribution in [0, 0.1) is 59.2 Å². The van der Waals surface area contributed by atoms with Crippen molar-refractivity contribution in [1.82, 2.24) is 0 Å². The molecule has 0 aromatic heterocycles. The molecular formula is C36H46O8. The summed E-state index contributed by atoms with van der Waals surface area (Å²) < 4.78 is 33.6. The Balaban J connectivity index is 0.706. The first-order chi connectivity index (χ1) is 21.6. The van der Waals surface area contributed by atoms with E-state index in [1.54, 1.807) is 0 Å². The highest BCUT2D eigenvalue weighted by Crippen LogP contribution is 2.56. The molecule has 4 fully saturated rings. The fourth-order valence-corrected chi connectivity index (χ4v) is 9.93. The molecule has 0 spiro atoms. The Morgan fingerprint density at radius 3 is 1.86 bits per heavy atom. The number of rotatable bonds is 13. The maximum absolute atomic E-state index is 12.7. The van der Waals surface area contributed by atoms with Gasteiger partial charge in [0.05, 0.1) is 26.4 Å². The molecule has 238 valence electrons. The van der Waals surface area contributed by atoms with Crippen LogP contribution in [0.4, 0.5) is 9.59 Å². The summed E-state index contributed by atoms with van der Waals surface area (Å²) in [6.45, 7) is 2.59. The van der Waals surface area contributed by atoms with E-state index in [1.807, 2.05) is 0 Å². The molecule has 8 heteroatoms. The molecule has 0 saturated heterocycles. The topological polar surface area (TPSA) is 89.5 Å². The third-order valence-corrected chi connectivity index (χ3v) is 12.0. The SMILES string of the molecule is O=C(OCCOCC1CC2C=CC1C2)OCCOCC1CC2CC1C=C2C1=CC2CC(OC(=O)OC3CC4C=CC3C4)C1C2. The first-order valence-electron chi connectivity index (χ1n) is 17.2. The van der Waals surface area contributed by atoms with E-state index in [4.69, 9.17) is 28.4 Å². The molecule has 44 heavy (non-hydrogen) atoms. The number of fused-ring (bicyclic) bond motifs is 8. The lowest BCUT2D eigenvalue weighted by Crippen LogP contribution is -2.30. The van der Waals surface area contributed by atoms with Crippen LogP contribution in [0.3, 0.4) is 0 Å². The van der Waals surface area contributed by atoms with E-state index in [1.165, 1.54) is 30.4 Å². The zero-order valence-corrected chi connectivity index (χ0v) is 25.6. The van der Waals surface area contributed by atoms with E-state index in [9.17, 15) is 9.59 Å². The molecule has 0 amide bonds. The lowest BCUT2D eigenvalue weighted by Gasteiger charge is -2.29. The molecule has 8 aliphatic rings. The first kappa shape index (κ1) is 28.9. The van der Waals surface area contributed by atoms with Gasteiger partial charge in [-0.25, -0.2) is 9.59 Å². The van der Waals surface area contributed by atoms with Crippen molar-refractivity contribution in [1.29, 1.82) is 0 Å². The average molecular weight is 607 g/mol. The highest BCUT2D eigenvalue weighted by atomic mass is 16.7. The quantitative estimate of drug-likeness (QED) is 0.135. The molecule has 0 heterocycles. The fraction of sp³-hybridized carbons (Fsp3) is 0.722. The second-order valence-electron chi connectivity index (χ2n) is 14.7. The lowest BCUT2D eigenvalue weighted by atomic mass is 9.81. The summed E-state index contributed by atoms with van der Waals surface area (Å²) in [5.41, 5.74) is 2.91. The van der Waals surface area contributed by atoms with E-state index >= 15 is 0 Å². The zero-order chi connectivity index (χ0) is 29.6. The second kappa shape index (κ2) is 12.3. The number of carbonyl (C=O) groups is 2. The summed E-state index contributed by atoms with van der Waals surface area (Å²) in [6, 6.07) is 0. The molecule has 8 aliphatic carbocycles. The molecule has 0 aliphatic heterocycles. The standard InChI is InChI=1S/C36H46O8/c37-35(41-7-5-39-19-28-11-21-1-3-24(28)9-21)42-8-6-40-20-29-17-27-16-26(29)18-30(27)31-12-23-13-32(31)34(15-23)44-36(38)43-33-14-22-2-4-25(33)10-22/h1-4,12,18,21-29,32-34H,5-11,13-17,19-20H2. The smallest absolute Gasteiger partial charge is 0.432 e. The van der Waals surface area contributed by atoms with Crippen molar-refractivity contribution in [2.24, 2.45) is 59.2 Å². The van der Waals surface area contributed by atoms with Gasteiger partial charge in [-0.15, -0.1) is 0 Å². The van der Waals surface area contributed by atoms with Crippen molar-refractivity contribution in [3.63, 3.8) is 0 Å². The van der Waals surface area contributed by atoms with Gasteiger partial charge in [-0.05, 0) is 110 Å². The summed E-state index contributed by atoms with van der Waals surface area (Å²) in [6.07, 6.45) is 21.7. The highest BCUT2D eigenvalue weighted by molar-refractivity contribution is 5.61. The number of carbonyl (C=O) groups excluding carboxylic acids is 2. The van der Waals surface area contributed by atoms with Gasteiger partial charge in [0.1, 0.15) is 25.4 Å². The van der Waals surface area contributed by atoms with E-state index < -0.39 is 12.3 Å². The van der Waals surface area contributed by atoms with Crippen LogP contribution < -0.4 is 0 Å². The van der Waals surface area contributed by atoms with Gasteiger partial charge < -0.3 is 28.4 Å². The number of hydrogen-bond donors (Lipinski definition) is 0. The Bertz CT molecular complexity index is 1230. The van der Waals surface area contributed by atoms with Crippen molar-refractivity contribution < 1.29 is 38.0 Å². The molecule has 0 radical (unpaired) electrons. The highest BCUT2D eigenvalue weighted by Gasteiger charge is 2.49. The molecule has 8 nitrogen and oxygen atoms in total.